The number of nitrogens with zero attached hydrogens (tertiary/aromatic N) is 1. The summed E-state index contributed by atoms with van der Waals surface area (Å²) in [5.74, 6) is 0. The first-order valence-electron chi connectivity index (χ1n) is 3.84. The number of hydrogen-bond donors (Lipinski definition) is 0. The van der Waals surface area contributed by atoms with Crippen molar-refractivity contribution in [3.8, 4) is 0 Å². The lowest BCUT2D eigenvalue weighted by molar-refractivity contribution is 1.33. The standard InChI is InChI=1S/C10H9NS/c1-8-4-2-6-10-9(8)5-3-7-11-12-10/h2-7H,1H3. The molecule has 1 heterocycles. The summed E-state index contributed by atoms with van der Waals surface area (Å²) in [5.41, 5.74) is 2.60. The molecule has 0 aromatic heterocycles. The molecule has 0 amide bonds. The van der Waals surface area contributed by atoms with Gasteiger partial charge in [-0.15, -0.1) is 0 Å². The summed E-state index contributed by atoms with van der Waals surface area (Å²) >= 11 is 1.53. The Hall–Kier alpha value is -1.02. The highest BCUT2D eigenvalue weighted by molar-refractivity contribution is 7.98. The third kappa shape index (κ3) is 1.30. The fourth-order valence-electron chi connectivity index (χ4n) is 1.21. The monoisotopic (exact) mass is 175 g/mol. The van der Waals surface area contributed by atoms with Crippen LogP contribution in [0.1, 0.15) is 11.1 Å². The van der Waals surface area contributed by atoms with Crippen molar-refractivity contribution in [2.75, 3.05) is 0 Å². The van der Waals surface area contributed by atoms with Gasteiger partial charge in [0.15, 0.2) is 0 Å². The normalized spacial score (nSPS) is 14.1. The van der Waals surface area contributed by atoms with Gasteiger partial charge in [0.2, 0.25) is 0 Å². The minimum Gasteiger partial charge on any atom is -0.219 e. The number of benzene rings is 1. The number of hydrogen-bond acceptors (Lipinski definition) is 2. The summed E-state index contributed by atoms with van der Waals surface area (Å²) < 4.78 is 4.16. The molecule has 2 rings (SSSR count). The van der Waals surface area contributed by atoms with Crippen LogP contribution in [0.3, 0.4) is 0 Å². The van der Waals surface area contributed by atoms with Crippen LogP contribution in [0.2, 0.25) is 0 Å². The highest BCUT2D eigenvalue weighted by atomic mass is 32.2. The van der Waals surface area contributed by atoms with Crippen LogP contribution in [0.25, 0.3) is 6.08 Å². The van der Waals surface area contributed by atoms with Crippen LogP contribution in [-0.2, 0) is 0 Å². The van der Waals surface area contributed by atoms with Gasteiger partial charge in [-0.2, -0.15) is 0 Å². The average molecular weight is 175 g/mol. The first kappa shape index (κ1) is 7.62. The zero-order valence-corrected chi connectivity index (χ0v) is 7.64. The van der Waals surface area contributed by atoms with Gasteiger partial charge < -0.3 is 0 Å². The quantitative estimate of drug-likeness (QED) is 0.552. The van der Waals surface area contributed by atoms with Gasteiger partial charge in [-0.1, -0.05) is 18.2 Å². The highest BCUT2D eigenvalue weighted by Crippen LogP contribution is 2.28. The second kappa shape index (κ2) is 3.15. The summed E-state index contributed by atoms with van der Waals surface area (Å²) in [6, 6.07) is 6.28. The summed E-state index contributed by atoms with van der Waals surface area (Å²) in [6.45, 7) is 2.12. The molecule has 1 aliphatic heterocycles. The Balaban J connectivity index is 2.59. The first-order valence-corrected chi connectivity index (χ1v) is 4.62. The first-order chi connectivity index (χ1) is 5.88. The van der Waals surface area contributed by atoms with Crippen molar-refractivity contribution in [2.45, 2.75) is 11.8 Å². The van der Waals surface area contributed by atoms with E-state index >= 15 is 0 Å². The van der Waals surface area contributed by atoms with Crippen LogP contribution in [0, 0.1) is 6.92 Å². The van der Waals surface area contributed by atoms with Crippen LogP contribution in [0.5, 0.6) is 0 Å². The van der Waals surface area contributed by atoms with Gasteiger partial charge >= 0.3 is 0 Å². The molecular weight excluding hydrogens is 166 g/mol. The Bertz CT molecular complexity index is 353. The molecule has 0 unspecified atom stereocenters. The van der Waals surface area contributed by atoms with Gasteiger partial charge in [0, 0.05) is 23.1 Å². The van der Waals surface area contributed by atoms with E-state index in [4.69, 9.17) is 0 Å². The number of allylic oxidation sites excluding steroid dienone is 1. The second-order valence-electron chi connectivity index (χ2n) is 2.69. The molecule has 0 atom stereocenters. The Morgan fingerprint density at radius 3 is 3.17 bits per heavy atom. The lowest BCUT2D eigenvalue weighted by atomic mass is 10.1. The molecule has 1 aromatic carbocycles. The van der Waals surface area contributed by atoms with Crippen molar-refractivity contribution in [3.05, 3.63) is 35.4 Å². The molecule has 1 aliphatic rings. The summed E-state index contributed by atoms with van der Waals surface area (Å²) in [4.78, 5) is 1.24. The molecule has 0 spiro atoms. The van der Waals surface area contributed by atoms with Crippen molar-refractivity contribution in [1.29, 1.82) is 0 Å². The average Bonchev–Trinajstić information content (AvgIpc) is 2.30. The second-order valence-corrected chi connectivity index (χ2v) is 3.52. The van der Waals surface area contributed by atoms with Gasteiger partial charge in [-0.3, -0.25) is 0 Å². The van der Waals surface area contributed by atoms with Crippen molar-refractivity contribution in [1.82, 2.24) is 0 Å². The van der Waals surface area contributed by atoms with Gasteiger partial charge in [-0.25, -0.2) is 4.40 Å². The van der Waals surface area contributed by atoms with Crippen molar-refractivity contribution >= 4 is 24.2 Å². The van der Waals surface area contributed by atoms with E-state index in [0.717, 1.165) is 0 Å². The molecule has 0 saturated carbocycles. The summed E-state index contributed by atoms with van der Waals surface area (Å²) in [5, 5.41) is 0. The van der Waals surface area contributed by atoms with Crippen molar-refractivity contribution in [3.63, 3.8) is 0 Å². The minimum absolute atomic E-state index is 1.24. The van der Waals surface area contributed by atoms with E-state index in [9.17, 15) is 0 Å². The lowest BCUT2D eigenvalue weighted by Gasteiger charge is -2.03. The third-order valence-corrected chi connectivity index (χ3v) is 2.62. The molecule has 0 N–H and O–H groups in total. The smallest absolute Gasteiger partial charge is 0.0380 e. The largest absolute Gasteiger partial charge is 0.219 e. The number of fused-ring (bicyclic) bond motifs is 1. The summed E-state index contributed by atoms with van der Waals surface area (Å²) in [6.07, 6.45) is 5.91. The molecule has 1 nitrogen and oxygen atoms in total. The van der Waals surface area contributed by atoms with E-state index < -0.39 is 0 Å². The maximum absolute atomic E-state index is 4.16. The molecule has 0 bridgehead atoms. The van der Waals surface area contributed by atoms with E-state index in [0.29, 0.717) is 0 Å². The Kier molecular flexibility index (Phi) is 2.00. The van der Waals surface area contributed by atoms with Crippen LogP contribution in [-0.4, -0.2) is 6.21 Å². The zero-order chi connectivity index (χ0) is 8.39. The van der Waals surface area contributed by atoms with Crippen LogP contribution < -0.4 is 0 Å². The predicted octanol–water partition coefficient (Wildman–Crippen LogP) is 3.10. The van der Waals surface area contributed by atoms with Crippen LogP contribution >= 0.6 is 11.9 Å². The fraction of sp³-hybridized carbons (Fsp3) is 0.100. The van der Waals surface area contributed by atoms with Crippen LogP contribution in [0.4, 0.5) is 0 Å². The zero-order valence-electron chi connectivity index (χ0n) is 6.82. The van der Waals surface area contributed by atoms with E-state index in [1.807, 2.05) is 12.3 Å². The van der Waals surface area contributed by atoms with Gasteiger partial charge in [0.1, 0.15) is 0 Å². The molecule has 2 heteroatoms. The van der Waals surface area contributed by atoms with Crippen molar-refractivity contribution in [2.24, 2.45) is 4.40 Å². The van der Waals surface area contributed by atoms with E-state index in [1.54, 1.807) is 0 Å². The molecular formula is C10H9NS. The van der Waals surface area contributed by atoms with Gasteiger partial charge in [0.25, 0.3) is 0 Å². The molecule has 12 heavy (non-hydrogen) atoms. The molecule has 60 valence electrons. The molecule has 1 aromatic rings. The van der Waals surface area contributed by atoms with E-state index in [1.165, 1.54) is 28.0 Å². The molecule has 0 fully saturated rings. The lowest BCUT2D eigenvalue weighted by Crippen LogP contribution is -1.82. The topological polar surface area (TPSA) is 12.4 Å². The fourth-order valence-corrected chi connectivity index (χ4v) is 1.92. The minimum atomic E-state index is 1.24. The third-order valence-electron chi connectivity index (χ3n) is 1.84. The van der Waals surface area contributed by atoms with E-state index in [-0.39, 0.29) is 0 Å². The van der Waals surface area contributed by atoms with Crippen LogP contribution in [0.15, 0.2) is 33.6 Å². The Morgan fingerprint density at radius 1 is 1.33 bits per heavy atom. The predicted molar refractivity (Wildman–Crippen MR) is 54.6 cm³/mol. The Morgan fingerprint density at radius 2 is 2.25 bits per heavy atom. The number of aryl methyl sites for hydroxylation is 1. The highest BCUT2D eigenvalue weighted by Gasteiger charge is 2.03. The maximum Gasteiger partial charge on any atom is 0.0380 e. The summed E-state index contributed by atoms with van der Waals surface area (Å²) in [7, 11) is 0. The number of rotatable bonds is 0. The Labute approximate surface area is 76.3 Å². The SMILES string of the molecule is Cc1cccc2c1C=CC=NS2. The van der Waals surface area contributed by atoms with E-state index in [2.05, 4.69) is 35.6 Å². The molecule has 0 saturated heterocycles. The van der Waals surface area contributed by atoms with Gasteiger partial charge in [0.05, 0.1) is 0 Å². The maximum atomic E-state index is 4.16. The van der Waals surface area contributed by atoms with Crippen molar-refractivity contribution < 1.29 is 0 Å². The molecule has 0 aliphatic carbocycles. The molecule has 0 radical (unpaired) electrons. The van der Waals surface area contributed by atoms with Gasteiger partial charge in [-0.05, 0) is 30.2 Å².